The van der Waals surface area contributed by atoms with Crippen molar-refractivity contribution in [1.82, 2.24) is 14.5 Å². The Morgan fingerprint density at radius 1 is 0.816 bits per heavy atom. The normalized spacial score (nSPS) is 17.7. The van der Waals surface area contributed by atoms with Gasteiger partial charge in [0.25, 0.3) is 0 Å². The number of hydrogen-bond donors (Lipinski definition) is 0. The minimum Gasteiger partial charge on any atom is -0.474 e. The van der Waals surface area contributed by atoms with Gasteiger partial charge in [0.2, 0.25) is 5.88 Å². The van der Waals surface area contributed by atoms with Crippen LogP contribution in [0.3, 0.4) is 0 Å². The molecule has 10 heteroatoms. The van der Waals surface area contributed by atoms with Crippen LogP contribution in [0, 0.1) is 0 Å². The average Bonchev–Trinajstić information content (AvgIpc) is 3.38. The highest BCUT2D eigenvalue weighted by Crippen LogP contribution is 2.32. The Kier molecular flexibility index (Phi) is 10.5. The van der Waals surface area contributed by atoms with Crippen molar-refractivity contribution in [2.45, 2.75) is 50.6 Å². The van der Waals surface area contributed by atoms with Crippen molar-refractivity contribution in [3.05, 3.63) is 84.3 Å². The Balaban J connectivity index is 0.725. The molecule has 49 heavy (non-hydrogen) atoms. The van der Waals surface area contributed by atoms with Crippen molar-refractivity contribution in [3.63, 3.8) is 0 Å². The maximum absolute atomic E-state index is 11.4. The van der Waals surface area contributed by atoms with E-state index in [4.69, 9.17) is 23.7 Å². The van der Waals surface area contributed by atoms with E-state index in [2.05, 4.69) is 56.8 Å². The highest BCUT2D eigenvalue weighted by molar-refractivity contribution is 6.08. The number of methoxy groups -OCH3 is 1. The van der Waals surface area contributed by atoms with Crippen LogP contribution in [0.4, 0.5) is 5.69 Å². The first kappa shape index (κ1) is 33.2. The topological polar surface area (TPSA) is 97.2 Å². The molecule has 1 saturated carbocycles. The van der Waals surface area contributed by atoms with E-state index in [1.807, 2.05) is 42.9 Å². The molecule has 0 bridgehead atoms. The summed E-state index contributed by atoms with van der Waals surface area (Å²) in [4.78, 5) is 22.5. The zero-order valence-electron chi connectivity index (χ0n) is 28.3. The van der Waals surface area contributed by atoms with Crippen LogP contribution in [-0.4, -0.2) is 85.8 Å². The molecule has 1 aliphatic carbocycles. The fraction of sp³-hybridized carbons (Fsp3) is 0.410. The van der Waals surface area contributed by atoms with Gasteiger partial charge in [-0.3, -0.25) is 9.78 Å². The van der Waals surface area contributed by atoms with E-state index < -0.39 is 0 Å². The van der Waals surface area contributed by atoms with E-state index in [-0.39, 0.29) is 18.3 Å². The number of rotatable bonds is 17. The molecule has 0 unspecified atom stereocenters. The number of carbonyl (C=O) groups excluding carboxylic acids is 1. The molecule has 2 aromatic carbocycles. The Labute approximate surface area is 286 Å². The molecule has 2 aliphatic rings. The standard InChI is InChI=1S/C39H44N4O6/c1-42-37-11-12-40-22-36(37)35-9-6-27(18-38(35)42)28-7-10-39(41-21-28)49-33-19-32(20-33)47-15-3-13-46-14-4-16-48-34-23-43(24-34)31-8-5-29(26-45-2)30(17-31)25-44/h5-12,17-18,21-22,25,32-34H,3-4,13-16,19-20,23-24,26H2,1-2H3/t32-,33-. The van der Waals surface area contributed by atoms with Crippen LogP contribution in [0.1, 0.15) is 41.6 Å². The number of aryl methyl sites for hydroxylation is 1. The molecule has 7 rings (SSSR count). The van der Waals surface area contributed by atoms with Crippen molar-refractivity contribution >= 4 is 33.8 Å². The highest BCUT2D eigenvalue weighted by Gasteiger charge is 2.32. The molecule has 10 nitrogen and oxygen atoms in total. The van der Waals surface area contributed by atoms with E-state index in [9.17, 15) is 4.79 Å². The number of ether oxygens (including phenoxy) is 5. The van der Waals surface area contributed by atoms with Crippen LogP contribution in [-0.2, 0) is 32.6 Å². The fourth-order valence-corrected chi connectivity index (χ4v) is 6.63. The minimum atomic E-state index is 0.137. The lowest BCUT2D eigenvalue weighted by atomic mass is 9.92. The van der Waals surface area contributed by atoms with E-state index in [0.29, 0.717) is 44.5 Å². The maximum atomic E-state index is 11.4. The molecule has 4 heterocycles. The number of pyridine rings is 2. The third kappa shape index (κ3) is 7.63. The summed E-state index contributed by atoms with van der Waals surface area (Å²) in [6.07, 6.45) is 10.6. The lowest BCUT2D eigenvalue weighted by molar-refractivity contribution is -0.0664. The molecule has 3 aromatic heterocycles. The van der Waals surface area contributed by atoms with Gasteiger partial charge in [-0.05, 0) is 54.3 Å². The Morgan fingerprint density at radius 3 is 2.37 bits per heavy atom. The number of anilines is 1. The quantitative estimate of drug-likeness (QED) is 0.0829. The van der Waals surface area contributed by atoms with Crippen LogP contribution < -0.4 is 9.64 Å². The summed E-state index contributed by atoms with van der Waals surface area (Å²) < 4.78 is 31.3. The Morgan fingerprint density at radius 2 is 1.61 bits per heavy atom. The second-order valence-corrected chi connectivity index (χ2v) is 12.9. The van der Waals surface area contributed by atoms with Gasteiger partial charge in [0.1, 0.15) is 12.4 Å². The predicted molar refractivity (Wildman–Crippen MR) is 189 cm³/mol. The largest absolute Gasteiger partial charge is 0.474 e. The number of aromatic nitrogens is 3. The van der Waals surface area contributed by atoms with Gasteiger partial charge < -0.3 is 33.2 Å². The van der Waals surface area contributed by atoms with Gasteiger partial charge in [-0.1, -0.05) is 18.2 Å². The summed E-state index contributed by atoms with van der Waals surface area (Å²) in [6.45, 7) is 4.84. The summed E-state index contributed by atoms with van der Waals surface area (Å²) in [5, 5.41) is 2.37. The van der Waals surface area contributed by atoms with Crippen LogP contribution in [0.25, 0.3) is 32.9 Å². The van der Waals surface area contributed by atoms with Gasteiger partial charge in [-0.2, -0.15) is 0 Å². The summed E-state index contributed by atoms with van der Waals surface area (Å²) in [7, 11) is 3.72. The zero-order chi connectivity index (χ0) is 33.6. The summed E-state index contributed by atoms with van der Waals surface area (Å²) >= 11 is 0. The predicted octanol–water partition coefficient (Wildman–Crippen LogP) is 6.38. The third-order valence-electron chi connectivity index (χ3n) is 9.56. The smallest absolute Gasteiger partial charge is 0.213 e. The molecular weight excluding hydrogens is 620 g/mol. The van der Waals surface area contributed by atoms with Crippen molar-refractivity contribution in [2.75, 3.05) is 51.5 Å². The molecule has 0 spiro atoms. The summed E-state index contributed by atoms with van der Waals surface area (Å²) in [5.74, 6) is 0.650. The molecule has 0 amide bonds. The Hall–Kier alpha value is -4.35. The number of benzene rings is 2. The fourth-order valence-electron chi connectivity index (χ4n) is 6.63. The van der Waals surface area contributed by atoms with E-state index >= 15 is 0 Å². The van der Waals surface area contributed by atoms with Crippen molar-refractivity contribution in [2.24, 2.45) is 7.05 Å². The number of nitrogens with zero attached hydrogens (tertiary/aromatic N) is 4. The molecule has 1 saturated heterocycles. The average molecular weight is 665 g/mol. The first-order valence-corrected chi connectivity index (χ1v) is 17.2. The van der Waals surface area contributed by atoms with Crippen molar-refractivity contribution in [1.29, 1.82) is 0 Å². The van der Waals surface area contributed by atoms with Crippen LogP contribution in [0.5, 0.6) is 5.88 Å². The van der Waals surface area contributed by atoms with Crippen LogP contribution in [0.2, 0.25) is 0 Å². The first-order chi connectivity index (χ1) is 24.1. The monoisotopic (exact) mass is 664 g/mol. The molecule has 5 aromatic rings. The molecule has 256 valence electrons. The SMILES string of the molecule is COCc1ccc(N2CC(OCCCOCCCO[C@H]3C[C@H](Oc4ccc(-c5ccc6c7cnccc7n(C)c6c5)cn4)C3)C2)cc1C=O. The minimum absolute atomic E-state index is 0.137. The van der Waals surface area contributed by atoms with Crippen LogP contribution >= 0.6 is 0 Å². The number of carbonyl (C=O) groups is 1. The van der Waals surface area contributed by atoms with Gasteiger partial charge in [0.15, 0.2) is 0 Å². The van der Waals surface area contributed by atoms with Gasteiger partial charge in [0.05, 0.1) is 24.3 Å². The third-order valence-corrected chi connectivity index (χ3v) is 9.56. The number of hydrogen-bond acceptors (Lipinski definition) is 9. The summed E-state index contributed by atoms with van der Waals surface area (Å²) in [5.41, 5.74) is 7.16. The lowest BCUT2D eigenvalue weighted by Crippen LogP contribution is -2.52. The van der Waals surface area contributed by atoms with Gasteiger partial charge in [-0.15, -0.1) is 0 Å². The van der Waals surface area contributed by atoms with Gasteiger partial charge in [0, 0.05) is 124 Å². The van der Waals surface area contributed by atoms with E-state index in [0.717, 1.165) is 67.4 Å². The zero-order valence-corrected chi connectivity index (χ0v) is 28.3. The second-order valence-electron chi connectivity index (χ2n) is 12.9. The first-order valence-electron chi connectivity index (χ1n) is 17.2. The molecule has 1 aliphatic heterocycles. The Bertz CT molecular complexity index is 1860. The number of fused-ring (bicyclic) bond motifs is 3. The summed E-state index contributed by atoms with van der Waals surface area (Å²) in [6, 6.07) is 18.5. The number of aldehydes is 1. The van der Waals surface area contributed by atoms with E-state index in [1.165, 1.54) is 21.8 Å². The lowest BCUT2D eigenvalue weighted by Gasteiger charge is -2.40. The highest BCUT2D eigenvalue weighted by atomic mass is 16.5. The molecule has 0 radical (unpaired) electrons. The maximum Gasteiger partial charge on any atom is 0.213 e. The molecule has 0 N–H and O–H groups in total. The van der Waals surface area contributed by atoms with Crippen LogP contribution in [0.15, 0.2) is 73.2 Å². The van der Waals surface area contributed by atoms with Crippen molar-refractivity contribution in [3.8, 4) is 17.0 Å². The molecule has 2 fully saturated rings. The van der Waals surface area contributed by atoms with Gasteiger partial charge >= 0.3 is 0 Å². The molecular formula is C39H44N4O6. The van der Waals surface area contributed by atoms with Crippen molar-refractivity contribution < 1.29 is 28.5 Å². The molecule has 0 atom stereocenters. The van der Waals surface area contributed by atoms with Gasteiger partial charge in [-0.25, -0.2) is 4.98 Å². The second kappa shape index (κ2) is 15.5. The van der Waals surface area contributed by atoms with E-state index in [1.54, 1.807) is 7.11 Å².